The molecule has 1 unspecified atom stereocenters. The number of rotatable bonds is 6. The molecule has 27 heavy (non-hydrogen) atoms. The molecule has 1 saturated heterocycles. The summed E-state index contributed by atoms with van der Waals surface area (Å²) >= 11 is 1.25. The summed E-state index contributed by atoms with van der Waals surface area (Å²) in [5, 5.41) is 4.89. The quantitative estimate of drug-likeness (QED) is 0.770. The Kier molecular flexibility index (Phi) is 5.85. The van der Waals surface area contributed by atoms with Crippen LogP contribution in [0.4, 0.5) is 10.8 Å². The second-order valence-electron chi connectivity index (χ2n) is 6.31. The van der Waals surface area contributed by atoms with Crippen molar-refractivity contribution in [1.82, 2.24) is 4.98 Å². The number of hydrogen-bond acceptors (Lipinski definition) is 6. The minimum atomic E-state index is -0.436. The molecule has 1 atom stereocenters. The van der Waals surface area contributed by atoms with E-state index in [1.807, 2.05) is 31.2 Å². The number of nitrogens with one attached hydrogen (secondary N) is 1. The standard InChI is InChI=1S/C19H21N3O4S/c1-3-26-17(24)9-14-11-27-19(20-14)21-18(25)13-8-16(23)22(10-13)15-7-5-4-6-12(15)2/h4-7,11,13H,3,8-10H2,1-2H3,(H,20,21,25). The number of esters is 1. The largest absolute Gasteiger partial charge is 0.466 e. The van der Waals surface area contributed by atoms with Gasteiger partial charge in [-0.2, -0.15) is 0 Å². The van der Waals surface area contributed by atoms with Crippen LogP contribution in [-0.4, -0.2) is 35.9 Å². The number of benzene rings is 1. The summed E-state index contributed by atoms with van der Waals surface area (Å²) in [6.45, 7) is 4.35. The van der Waals surface area contributed by atoms with Crippen molar-refractivity contribution in [3.8, 4) is 0 Å². The van der Waals surface area contributed by atoms with E-state index in [0.29, 0.717) is 24.0 Å². The first kappa shape index (κ1) is 19.0. The van der Waals surface area contributed by atoms with E-state index in [1.54, 1.807) is 17.2 Å². The predicted octanol–water partition coefficient (Wildman–Crippen LogP) is 2.55. The molecule has 0 saturated carbocycles. The van der Waals surface area contributed by atoms with E-state index in [4.69, 9.17) is 4.74 Å². The number of thiazole rings is 1. The molecule has 2 amide bonds. The highest BCUT2D eigenvalue weighted by Crippen LogP contribution is 2.28. The predicted molar refractivity (Wildman–Crippen MR) is 103 cm³/mol. The average molecular weight is 387 g/mol. The van der Waals surface area contributed by atoms with E-state index in [9.17, 15) is 14.4 Å². The molecule has 1 aromatic carbocycles. The van der Waals surface area contributed by atoms with Crippen LogP contribution in [0.15, 0.2) is 29.6 Å². The molecule has 2 aromatic rings. The molecule has 1 aliphatic heterocycles. The lowest BCUT2D eigenvalue weighted by molar-refractivity contribution is -0.142. The first-order valence-electron chi connectivity index (χ1n) is 8.74. The Bertz CT molecular complexity index is 864. The van der Waals surface area contributed by atoms with Gasteiger partial charge in [0.15, 0.2) is 5.13 Å². The lowest BCUT2D eigenvalue weighted by Gasteiger charge is -2.18. The van der Waals surface area contributed by atoms with Gasteiger partial charge in [-0.05, 0) is 25.5 Å². The van der Waals surface area contributed by atoms with E-state index in [1.165, 1.54) is 11.3 Å². The Morgan fingerprint density at radius 2 is 2.15 bits per heavy atom. The molecule has 142 valence electrons. The van der Waals surface area contributed by atoms with Crippen molar-refractivity contribution in [2.45, 2.75) is 26.7 Å². The summed E-state index contributed by atoms with van der Waals surface area (Å²) in [4.78, 5) is 42.3. The maximum absolute atomic E-state index is 12.5. The number of aromatic nitrogens is 1. The van der Waals surface area contributed by atoms with E-state index >= 15 is 0 Å². The van der Waals surface area contributed by atoms with Crippen LogP contribution in [0, 0.1) is 12.8 Å². The molecular weight excluding hydrogens is 366 g/mol. The highest BCUT2D eigenvalue weighted by molar-refractivity contribution is 7.13. The van der Waals surface area contributed by atoms with Gasteiger partial charge >= 0.3 is 5.97 Å². The Labute approximate surface area is 161 Å². The maximum Gasteiger partial charge on any atom is 0.311 e. The van der Waals surface area contributed by atoms with Crippen LogP contribution in [-0.2, 0) is 25.5 Å². The summed E-state index contributed by atoms with van der Waals surface area (Å²) in [5.74, 6) is -1.09. The van der Waals surface area contributed by atoms with Crippen LogP contribution in [0.25, 0.3) is 0 Å². The summed E-state index contributed by atoms with van der Waals surface area (Å²) in [6, 6.07) is 7.62. The van der Waals surface area contributed by atoms with Gasteiger partial charge in [-0.1, -0.05) is 18.2 Å². The fraction of sp³-hybridized carbons (Fsp3) is 0.368. The molecule has 0 spiro atoms. The summed E-state index contributed by atoms with van der Waals surface area (Å²) in [5.41, 5.74) is 2.39. The lowest BCUT2D eigenvalue weighted by Crippen LogP contribution is -2.28. The van der Waals surface area contributed by atoms with Gasteiger partial charge in [-0.25, -0.2) is 4.98 Å². The Morgan fingerprint density at radius 3 is 2.89 bits per heavy atom. The Hall–Kier alpha value is -2.74. The van der Waals surface area contributed by atoms with Crippen molar-refractivity contribution in [2.75, 3.05) is 23.4 Å². The number of amides is 2. The number of anilines is 2. The third kappa shape index (κ3) is 4.51. The van der Waals surface area contributed by atoms with Crippen molar-refractivity contribution in [3.63, 3.8) is 0 Å². The van der Waals surface area contributed by atoms with Crippen molar-refractivity contribution in [1.29, 1.82) is 0 Å². The molecule has 1 aromatic heterocycles. The molecule has 1 N–H and O–H groups in total. The maximum atomic E-state index is 12.5. The van der Waals surface area contributed by atoms with Crippen molar-refractivity contribution in [2.24, 2.45) is 5.92 Å². The van der Waals surface area contributed by atoms with Gasteiger partial charge in [0.05, 0.1) is 24.6 Å². The Balaban J connectivity index is 1.61. The van der Waals surface area contributed by atoms with Gasteiger partial charge in [0.1, 0.15) is 0 Å². The molecule has 2 heterocycles. The second-order valence-corrected chi connectivity index (χ2v) is 7.17. The van der Waals surface area contributed by atoms with Crippen molar-refractivity contribution < 1.29 is 19.1 Å². The zero-order valence-electron chi connectivity index (χ0n) is 15.2. The van der Waals surface area contributed by atoms with Crippen LogP contribution in [0.1, 0.15) is 24.6 Å². The molecule has 0 bridgehead atoms. The van der Waals surface area contributed by atoms with Crippen LogP contribution in [0.5, 0.6) is 0 Å². The number of aryl methyl sites for hydroxylation is 1. The SMILES string of the molecule is CCOC(=O)Cc1csc(NC(=O)C2CC(=O)N(c3ccccc3C)C2)n1. The molecule has 0 aliphatic carbocycles. The third-order valence-electron chi connectivity index (χ3n) is 4.31. The van der Waals surface area contributed by atoms with Crippen LogP contribution < -0.4 is 10.2 Å². The summed E-state index contributed by atoms with van der Waals surface area (Å²) < 4.78 is 4.89. The van der Waals surface area contributed by atoms with Gasteiger partial charge in [-0.15, -0.1) is 11.3 Å². The van der Waals surface area contributed by atoms with Crippen molar-refractivity contribution >= 4 is 39.9 Å². The second kappa shape index (κ2) is 8.30. The molecule has 0 radical (unpaired) electrons. The summed E-state index contributed by atoms with van der Waals surface area (Å²) in [7, 11) is 0. The molecule has 7 nitrogen and oxygen atoms in total. The van der Waals surface area contributed by atoms with E-state index in [2.05, 4.69) is 10.3 Å². The molecular formula is C19H21N3O4S. The smallest absolute Gasteiger partial charge is 0.311 e. The van der Waals surface area contributed by atoms with Gasteiger partial charge in [0, 0.05) is 24.0 Å². The molecule has 1 aliphatic rings. The van der Waals surface area contributed by atoms with Gasteiger partial charge < -0.3 is 15.0 Å². The zero-order valence-corrected chi connectivity index (χ0v) is 16.0. The van der Waals surface area contributed by atoms with Crippen LogP contribution >= 0.6 is 11.3 Å². The highest BCUT2D eigenvalue weighted by Gasteiger charge is 2.35. The number of carbonyl (C=O) groups is 3. The number of ether oxygens (including phenoxy) is 1. The van der Waals surface area contributed by atoms with E-state index < -0.39 is 5.92 Å². The number of hydrogen-bond donors (Lipinski definition) is 1. The fourth-order valence-corrected chi connectivity index (χ4v) is 3.71. The summed E-state index contributed by atoms with van der Waals surface area (Å²) in [6.07, 6.45) is 0.240. The normalized spacial score (nSPS) is 16.4. The lowest BCUT2D eigenvalue weighted by atomic mass is 10.1. The molecule has 3 rings (SSSR count). The Morgan fingerprint density at radius 1 is 1.37 bits per heavy atom. The van der Waals surface area contributed by atoms with Gasteiger partial charge in [0.25, 0.3) is 0 Å². The first-order chi connectivity index (χ1) is 13.0. The van der Waals surface area contributed by atoms with Crippen LogP contribution in [0.2, 0.25) is 0 Å². The van der Waals surface area contributed by atoms with E-state index in [-0.39, 0.29) is 30.6 Å². The third-order valence-corrected chi connectivity index (χ3v) is 5.12. The number of carbonyl (C=O) groups excluding carboxylic acids is 3. The zero-order chi connectivity index (χ0) is 19.4. The monoisotopic (exact) mass is 387 g/mol. The average Bonchev–Trinajstić information content (AvgIpc) is 3.22. The molecule has 8 heteroatoms. The van der Waals surface area contributed by atoms with E-state index in [0.717, 1.165) is 11.3 Å². The van der Waals surface area contributed by atoms with Gasteiger partial charge in [-0.3, -0.25) is 14.4 Å². The molecule has 1 fully saturated rings. The van der Waals surface area contributed by atoms with Crippen LogP contribution in [0.3, 0.4) is 0 Å². The topological polar surface area (TPSA) is 88.6 Å². The minimum Gasteiger partial charge on any atom is -0.466 e. The fourth-order valence-electron chi connectivity index (χ4n) is 3.00. The van der Waals surface area contributed by atoms with Crippen molar-refractivity contribution in [3.05, 3.63) is 40.9 Å². The van der Waals surface area contributed by atoms with Gasteiger partial charge in [0.2, 0.25) is 11.8 Å². The minimum absolute atomic E-state index is 0.0633. The number of nitrogens with zero attached hydrogens (tertiary/aromatic N) is 2. The highest BCUT2D eigenvalue weighted by atomic mass is 32.1. The first-order valence-corrected chi connectivity index (χ1v) is 9.62. The number of para-hydroxylation sites is 1.